The Hall–Kier alpha value is -0.755. The zero-order valence-electron chi connectivity index (χ0n) is 11.1. The minimum atomic E-state index is 0.228. The summed E-state index contributed by atoms with van der Waals surface area (Å²) < 4.78 is 0. The molecule has 0 aliphatic rings. The average Bonchev–Trinajstić information content (AvgIpc) is 2.26. The average molecular weight is 217 g/mol. The predicted octanol–water partition coefficient (Wildman–Crippen LogP) is 3.26. The van der Waals surface area contributed by atoms with E-state index in [0.29, 0.717) is 0 Å². The lowest BCUT2D eigenvalue weighted by atomic mass is 9.78. The third-order valence-corrected chi connectivity index (χ3v) is 2.10. The summed E-state index contributed by atoms with van der Waals surface area (Å²) in [6, 6.07) is 10.3. The fourth-order valence-electron chi connectivity index (χ4n) is 1.29. The van der Waals surface area contributed by atoms with Gasteiger partial charge in [-0.1, -0.05) is 67.9 Å². The van der Waals surface area contributed by atoms with Crippen molar-refractivity contribution in [2.75, 3.05) is 21.1 Å². The highest BCUT2D eigenvalue weighted by atomic mass is 15.0. The van der Waals surface area contributed by atoms with Crippen molar-refractivity contribution in [2.45, 2.75) is 32.0 Å². The van der Waals surface area contributed by atoms with Crippen LogP contribution >= 0.6 is 0 Å². The molecular weight excluding hydrogens is 193 g/mol. The standard InChI is InChI=1S/C11H15B.C3H9N/c1-2-3-9-11(12)10-7-5-4-6-8-10;1-4(2)3/h4-8,11H,2-3,9H2,1H3;1-3H3. The second-order valence-electron chi connectivity index (χ2n) is 4.50. The molecule has 0 fully saturated rings. The molecule has 1 unspecified atom stereocenters. The summed E-state index contributed by atoms with van der Waals surface area (Å²) in [7, 11) is 12.0. The molecule has 0 spiro atoms. The van der Waals surface area contributed by atoms with E-state index in [0.717, 1.165) is 6.42 Å². The molecule has 0 aliphatic carbocycles. The first-order valence-corrected chi connectivity index (χ1v) is 5.99. The van der Waals surface area contributed by atoms with Crippen molar-refractivity contribution in [2.24, 2.45) is 0 Å². The molecule has 0 heterocycles. The van der Waals surface area contributed by atoms with Gasteiger partial charge in [0.15, 0.2) is 0 Å². The summed E-state index contributed by atoms with van der Waals surface area (Å²) in [5.41, 5.74) is 1.26. The Bertz CT molecular complexity index is 243. The number of nitrogens with zero attached hydrogens (tertiary/aromatic N) is 1. The molecule has 2 heteroatoms. The van der Waals surface area contributed by atoms with Gasteiger partial charge in [0.2, 0.25) is 0 Å². The van der Waals surface area contributed by atoms with Crippen molar-refractivity contribution < 1.29 is 0 Å². The smallest absolute Gasteiger partial charge is 0.0763 e. The van der Waals surface area contributed by atoms with Gasteiger partial charge in [-0.05, 0) is 21.1 Å². The molecule has 1 aromatic carbocycles. The van der Waals surface area contributed by atoms with Crippen molar-refractivity contribution in [3.8, 4) is 0 Å². The Morgan fingerprint density at radius 3 is 2.06 bits per heavy atom. The van der Waals surface area contributed by atoms with Crippen LogP contribution in [0.15, 0.2) is 30.3 Å². The summed E-state index contributed by atoms with van der Waals surface area (Å²) in [4.78, 5) is 2.00. The number of hydrogen-bond donors (Lipinski definition) is 0. The minimum Gasteiger partial charge on any atom is -0.312 e. The van der Waals surface area contributed by atoms with E-state index in [2.05, 4.69) is 19.1 Å². The summed E-state index contributed by atoms with van der Waals surface area (Å²) in [5, 5.41) is 0. The lowest BCUT2D eigenvalue weighted by Gasteiger charge is -2.10. The van der Waals surface area contributed by atoms with Crippen molar-refractivity contribution in [3.05, 3.63) is 35.9 Å². The van der Waals surface area contributed by atoms with Crippen LogP contribution in [0.3, 0.4) is 0 Å². The summed E-state index contributed by atoms with van der Waals surface area (Å²) >= 11 is 0. The van der Waals surface area contributed by atoms with Crippen LogP contribution in [0, 0.1) is 0 Å². The van der Waals surface area contributed by atoms with E-state index < -0.39 is 0 Å². The molecule has 2 radical (unpaired) electrons. The third kappa shape index (κ3) is 8.54. The van der Waals surface area contributed by atoms with Crippen LogP contribution in [-0.4, -0.2) is 33.9 Å². The number of benzene rings is 1. The fourth-order valence-corrected chi connectivity index (χ4v) is 1.29. The van der Waals surface area contributed by atoms with Gasteiger partial charge >= 0.3 is 0 Å². The first-order chi connectivity index (χ1) is 7.57. The SMILES string of the molecule is CN(C)C.[B]C(CCCC)c1ccccc1. The maximum absolute atomic E-state index is 5.98. The maximum Gasteiger partial charge on any atom is 0.0763 e. The second kappa shape index (κ2) is 9.47. The van der Waals surface area contributed by atoms with E-state index in [1.807, 2.05) is 44.2 Å². The van der Waals surface area contributed by atoms with Crippen molar-refractivity contribution in [1.82, 2.24) is 4.90 Å². The monoisotopic (exact) mass is 217 g/mol. The highest BCUT2D eigenvalue weighted by Crippen LogP contribution is 2.17. The Morgan fingerprint density at radius 1 is 1.12 bits per heavy atom. The van der Waals surface area contributed by atoms with E-state index >= 15 is 0 Å². The maximum atomic E-state index is 5.98. The van der Waals surface area contributed by atoms with E-state index in [1.54, 1.807) is 0 Å². The van der Waals surface area contributed by atoms with Gasteiger partial charge in [0, 0.05) is 0 Å². The lowest BCUT2D eigenvalue weighted by Crippen LogP contribution is -1.99. The first-order valence-electron chi connectivity index (χ1n) is 5.99. The second-order valence-corrected chi connectivity index (χ2v) is 4.50. The first kappa shape index (κ1) is 15.2. The van der Waals surface area contributed by atoms with Crippen LogP contribution in [0.2, 0.25) is 0 Å². The minimum absolute atomic E-state index is 0.228. The molecule has 1 nitrogen and oxygen atoms in total. The predicted molar refractivity (Wildman–Crippen MR) is 74.1 cm³/mol. The molecule has 88 valence electrons. The molecule has 1 aromatic rings. The van der Waals surface area contributed by atoms with Crippen LogP contribution < -0.4 is 0 Å². The number of rotatable bonds is 4. The Morgan fingerprint density at radius 2 is 1.62 bits per heavy atom. The molecular formula is C14H24BN. The number of unbranched alkanes of at least 4 members (excludes halogenated alkanes) is 1. The van der Waals surface area contributed by atoms with Gasteiger partial charge in [-0.25, -0.2) is 0 Å². The van der Waals surface area contributed by atoms with Gasteiger partial charge in [-0.3, -0.25) is 0 Å². The summed E-state index contributed by atoms with van der Waals surface area (Å²) in [6.45, 7) is 2.19. The van der Waals surface area contributed by atoms with Crippen molar-refractivity contribution in [3.63, 3.8) is 0 Å². The zero-order valence-corrected chi connectivity index (χ0v) is 11.1. The molecule has 0 aromatic heterocycles. The molecule has 1 atom stereocenters. The molecule has 0 bridgehead atoms. The molecule has 0 amide bonds. The van der Waals surface area contributed by atoms with Crippen LogP contribution in [0.1, 0.15) is 37.6 Å². The Balaban J connectivity index is 0.000000487. The van der Waals surface area contributed by atoms with Crippen LogP contribution in [0.25, 0.3) is 0 Å². The Labute approximate surface area is 102 Å². The molecule has 0 saturated carbocycles. The van der Waals surface area contributed by atoms with E-state index in [9.17, 15) is 0 Å². The molecule has 0 aliphatic heterocycles. The van der Waals surface area contributed by atoms with Gasteiger partial charge in [-0.15, -0.1) is 0 Å². The fraction of sp³-hybridized carbons (Fsp3) is 0.571. The van der Waals surface area contributed by atoms with Crippen LogP contribution in [-0.2, 0) is 0 Å². The van der Waals surface area contributed by atoms with Gasteiger partial charge in [-0.2, -0.15) is 0 Å². The van der Waals surface area contributed by atoms with Gasteiger partial charge in [0.1, 0.15) is 0 Å². The molecule has 0 N–H and O–H groups in total. The van der Waals surface area contributed by atoms with Crippen molar-refractivity contribution >= 4 is 7.85 Å². The number of hydrogen-bond acceptors (Lipinski definition) is 1. The van der Waals surface area contributed by atoms with Crippen LogP contribution in [0.5, 0.6) is 0 Å². The summed E-state index contributed by atoms with van der Waals surface area (Å²) in [6.07, 6.45) is 3.54. The van der Waals surface area contributed by atoms with Gasteiger partial charge in [0.25, 0.3) is 0 Å². The molecule has 0 saturated heterocycles. The molecule has 16 heavy (non-hydrogen) atoms. The van der Waals surface area contributed by atoms with Crippen molar-refractivity contribution in [1.29, 1.82) is 0 Å². The summed E-state index contributed by atoms with van der Waals surface area (Å²) in [5.74, 6) is 0.228. The van der Waals surface area contributed by atoms with E-state index in [-0.39, 0.29) is 5.82 Å². The van der Waals surface area contributed by atoms with E-state index in [4.69, 9.17) is 7.85 Å². The van der Waals surface area contributed by atoms with Gasteiger partial charge < -0.3 is 4.90 Å². The lowest BCUT2D eigenvalue weighted by molar-refractivity contribution is 0.505. The zero-order chi connectivity index (χ0) is 12.4. The highest BCUT2D eigenvalue weighted by molar-refractivity contribution is 6.12. The molecule has 1 rings (SSSR count). The highest BCUT2D eigenvalue weighted by Gasteiger charge is 2.02. The topological polar surface area (TPSA) is 3.24 Å². The van der Waals surface area contributed by atoms with Gasteiger partial charge in [0.05, 0.1) is 7.85 Å². The third-order valence-electron chi connectivity index (χ3n) is 2.10. The van der Waals surface area contributed by atoms with E-state index in [1.165, 1.54) is 18.4 Å². The normalized spacial score (nSPS) is 11.8. The quantitative estimate of drug-likeness (QED) is 0.699. The largest absolute Gasteiger partial charge is 0.312 e. The van der Waals surface area contributed by atoms with Crippen LogP contribution in [0.4, 0.5) is 0 Å². The Kier molecular flexibility index (Phi) is 9.02.